The van der Waals surface area contributed by atoms with Gasteiger partial charge >= 0.3 is 6.18 Å². The van der Waals surface area contributed by atoms with E-state index in [1.807, 2.05) is 0 Å². The Kier molecular flexibility index (Phi) is 5.67. The number of nitrogens with one attached hydrogen (secondary N) is 1. The largest absolute Gasteiger partial charge is 0.496 e. The minimum Gasteiger partial charge on any atom is -0.496 e. The van der Waals surface area contributed by atoms with E-state index < -0.39 is 11.9 Å². The summed E-state index contributed by atoms with van der Waals surface area (Å²) in [6.45, 7) is 0. The van der Waals surface area contributed by atoms with Crippen molar-refractivity contribution in [2.75, 3.05) is 12.5 Å². The maximum Gasteiger partial charge on any atom is 0.434 e. The Bertz CT molecular complexity index is 955. The number of benzene rings is 2. The summed E-state index contributed by atoms with van der Waals surface area (Å²) >= 11 is 6.67. The van der Waals surface area contributed by atoms with Gasteiger partial charge in [0.25, 0.3) is 0 Å². The standard InChI is InChI=1S/C18H13ClF3N3OS/c1-26-14-5-3-2-4-12(14)10-23-25-17-24-16(18(20,21)22)15(27-17)11-6-8-13(19)9-7-11/h2-10H,1H3,(H,24,25)/b23-10-. The molecular weight excluding hydrogens is 399 g/mol. The van der Waals surface area contributed by atoms with Crippen molar-refractivity contribution in [3.8, 4) is 16.2 Å². The van der Waals surface area contributed by atoms with Crippen molar-refractivity contribution in [2.24, 2.45) is 5.10 Å². The molecule has 0 aliphatic carbocycles. The molecule has 2 aromatic carbocycles. The van der Waals surface area contributed by atoms with Crippen LogP contribution in [0.5, 0.6) is 5.75 Å². The molecule has 0 fully saturated rings. The number of thiazole rings is 1. The quantitative estimate of drug-likeness (QED) is 0.417. The number of alkyl halides is 3. The van der Waals surface area contributed by atoms with Crippen LogP contribution in [0, 0.1) is 0 Å². The van der Waals surface area contributed by atoms with Gasteiger partial charge in [0.05, 0.1) is 18.2 Å². The lowest BCUT2D eigenvalue weighted by molar-refractivity contribution is -0.140. The molecule has 0 spiro atoms. The third kappa shape index (κ3) is 4.58. The second-order valence-corrected chi connectivity index (χ2v) is 6.75. The number of halogens is 4. The fourth-order valence-electron chi connectivity index (χ4n) is 2.29. The number of anilines is 1. The summed E-state index contributed by atoms with van der Waals surface area (Å²) in [6.07, 6.45) is -3.13. The zero-order valence-corrected chi connectivity index (χ0v) is 15.5. The molecule has 0 aliphatic rings. The normalized spacial score (nSPS) is 11.7. The Balaban J connectivity index is 1.88. The third-order valence-electron chi connectivity index (χ3n) is 3.50. The SMILES string of the molecule is COc1ccccc1/C=N\Nc1nc(C(F)(F)F)c(-c2ccc(Cl)cc2)s1. The number of rotatable bonds is 5. The number of hydrogen-bond donors (Lipinski definition) is 1. The van der Waals surface area contributed by atoms with Gasteiger partial charge in [-0.05, 0) is 29.8 Å². The number of methoxy groups -OCH3 is 1. The van der Waals surface area contributed by atoms with Crippen LogP contribution in [0.25, 0.3) is 10.4 Å². The van der Waals surface area contributed by atoms with E-state index in [-0.39, 0.29) is 10.0 Å². The van der Waals surface area contributed by atoms with Crippen LogP contribution in [0.4, 0.5) is 18.3 Å². The Hall–Kier alpha value is -2.58. The van der Waals surface area contributed by atoms with E-state index in [9.17, 15) is 13.2 Å². The van der Waals surface area contributed by atoms with Crippen LogP contribution in [-0.2, 0) is 6.18 Å². The zero-order valence-electron chi connectivity index (χ0n) is 13.9. The van der Waals surface area contributed by atoms with Crippen molar-refractivity contribution in [1.82, 2.24) is 4.98 Å². The van der Waals surface area contributed by atoms with Crippen LogP contribution in [0.3, 0.4) is 0 Å². The second kappa shape index (κ2) is 7.98. The summed E-state index contributed by atoms with van der Waals surface area (Å²) in [6, 6.07) is 13.2. The van der Waals surface area contributed by atoms with Gasteiger partial charge in [-0.3, -0.25) is 5.43 Å². The molecule has 0 unspecified atom stereocenters. The predicted octanol–water partition coefficient (Wildman–Crippen LogP) is 5.94. The first-order chi connectivity index (χ1) is 12.9. The number of para-hydroxylation sites is 1. The molecule has 0 amide bonds. The van der Waals surface area contributed by atoms with Gasteiger partial charge in [0.15, 0.2) is 5.69 Å². The van der Waals surface area contributed by atoms with E-state index >= 15 is 0 Å². The highest BCUT2D eigenvalue weighted by molar-refractivity contribution is 7.19. The number of hydrazone groups is 1. The maximum atomic E-state index is 13.3. The lowest BCUT2D eigenvalue weighted by atomic mass is 10.1. The molecule has 0 radical (unpaired) electrons. The Labute approximate surface area is 162 Å². The van der Waals surface area contributed by atoms with Crippen molar-refractivity contribution in [3.05, 3.63) is 64.8 Å². The van der Waals surface area contributed by atoms with Gasteiger partial charge in [0.2, 0.25) is 5.13 Å². The van der Waals surface area contributed by atoms with E-state index in [1.165, 1.54) is 37.6 Å². The van der Waals surface area contributed by atoms with E-state index in [2.05, 4.69) is 15.5 Å². The second-order valence-electron chi connectivity index (χ2n) is 5.31. The van der Waals surface area contributed by atoms with Crippen LogP contribution in [0.2, 0.25) is 5.02 Å². The fraction of sp³-hybridized carbons (Fsp3) is 0.111. The van der Waals surface area contributed by atoms with Gasteiger partial charge in [-0.2, -0.15) is 18.3 Å². The van der Waals surface area contributed by atoms with Crippen LogP contribution < -0.4 is 10.2 Å². The van der Waals surface area contributed by atoms with Crippen molar-refractivity contribution in [1.29, 1.82) is 0 Å². The van der Waals surface area contributed by atoms with Gasteiger partial charge in [0, 0.05) is 10.6 Å². The molecule has 4 nitrogen and oxygen atoms in total. The molecule has 3 aromatic rings. The van der Waals surface area contributed by atoms with Gasteiger partial charge in [-0.25, -0.2) is 4.98 Å². The van der Waals surface area contributed by atoms with Gasteiger partial charge < -0.3 is 4.74 Å². The molecule has 27 heavy (non-hydrogen) atoms. The lowest BCUT2D eigenvalue weighted by Gasteiger charge is -2.05. The Morgan fingerprint density at radius 1 is 1.15 bits per heavy atom. The van der Waals surface area contributed by atoms with E-state index in [1.54, 1.807) is 24.3 Å². The van der Waals surface area contributed by atoms with Crippen molar-refractivity contribution < 1.29 is 17.9 Å². The number of hydrogen-bond acceptors (Lipinski definition) is 5. The Morgan fingerprint density at radius 2 is 1.85 bits per heavy atom. The summed E-state index contributed by atoms with van der Waals surface area (Å²) in [5.74, 6) is 0.597. The first-order valence-corrected chi connectivity index (χ1v) is 8.84. The molecule has 140 valence electrons. The molecule has 0 aliphatic heterocycles. The van der Waals surface area contributed by atoms with Crippen LogP contribution >= 0.6 is 22.9 Å². The van der Waals surface area contributed by atoms with Gasteiger partial charge in [0.1, 0.15) is 5.75 Å². The minimum absolute atomic E-state index is 0.00541. The monoisotopic (exact) mass is 411 g/mol. The summed E-state index contributed by atoms with van der Waals surface area (Å²) in [7, 11) is 1.52. The zero-order chi connectivity index (χ0) is 19.4. The summed E-state index contributed by atoms with van der Waals surface area (Å²) in [4.78, 5) is 3.65. The third-order valence-corrected chi connectivity index (χ3v) is 4.77. The summed E-state index contributed by atoms with van der Waals surface area (Å²) in [5, 5.41) is 4.44. The minimum atomic E-state index is -4.59. The lowest BCUT2D eigenvalue weighted by Crippen LogP contribution is -2.07. The maximum absolute atomic E-state index is 13.3. The average molecular weight is 412 g/mol. The molecule has 0 saturated carbocycles. The fourth-order valence-corrected chi connectivity index (χ4v) is 3.35. The highest BCUT2D eigenvalue weighted by atomic mass is 35.5. The molecule has 9 heteroatoms. The Morgan fingerprint density at radius 3 is 2.52 bits per heavy atom. The average Bonchev–Trinajstić information content (AvgIpc) is 3.07. The smallest absolute Gasteiger partial charge is 0.434 e. The number of aromatic nitrogens is 1. The molecule has 3 rings (SSSR count). The molecule has 0 saturated heterocycles. The van der Waals surface area contributed by atoms with Crippen molar-refractivity contribution in [3.63, 3.8) is 0 Å². The van der Waals surface area contributed by atoms with Crippen LogP contribution in [0.1, 0.15) is 11.3 Å². The van der Waals surface area contributed by atoms with Crippen molar-refractivity contribution in [2.45, 2.75) is 6.18 Å². The van der Waals surface area contributed by atoms with Gasteiger partial charge in [-0.15, -0.1) is 0 Å². The van der Waals surface area contributed by atoms with Gasteiger partial charge in [-0.1, -0.05) is 47.2 Å². The topological polar surface area (TPSA) is 46.5 Å². The van der Waals surface area contributed by atoms with Crippen molar-refractivity contribution >= 4 is 34.3 Å². The first kappa shape index (κ1) is 19.2. The van der Waals surface area contributed by atoms with E-state index in [4.69, 9.17) is 16.3 Å². The van der Waals surface area contributed by atoms with E-state index in [0.717, 1.165) is 11.3 Å². The van der Waals surface area contributed by atoms with E-state index in [0.29, 0.717) is 21.9 Å². The first-order valence-electron chi connectivity index (χ1n) is 7.64. The molecule has 0 bridgehead atoms. The summed E-state index contributed by atoms with van der Waals surface area (Å²) < 4.78 is 45.2. The molecule has 1 N–H and O–H groups in total. The predicted molar refractivity (Wildman–Crippen MR) is 102 cm³/mol. The van der Waals surface area contributed by atoms with Crippen LogP contribution in [-0.4, -0.2) is 18.3 Å². The number of nitrogens with zero attached hydrogens (tertiary/aromatic N) is 2. The highest BCUT2D eigenvalue weighted by Crippen LogP contribution is 2.42. The molecule has 1 heterocycles. The summed E-state index contributed by atoms with van der Waals surface area (Å²) in [5.41, 5.74) is 2.65. The highest BCUT2D eigenvalue weighted by Gasteiger charge is 2.38. The molecule has 1 aromatic heterocycles. The number of ether oxygens (including phenoxy) is 1. The molecular formula is C18H13ClF3N3OS. The van der Waals surface area contributed by atoms with Crippen LogP contribution in [0.15, 0.2) is 53.6 Å². The molecule has 0 atom stereocenters.